The van der Waals surface area contributed by atoms with Gasteiger partial charge in [-0.1, -0.05) is 30.3 Å². The monoisotopic (exact) mass is 386 g/mol. The third kappa shape index (κ3) is 7.77. The van der Waals surface area contributed by atoms with Gasteiger partial charge in [0.15, 0.2) is 0 Å². The summed E-state index contributed by atoms with van der Waals surface area (Å²) >= 11 is 0. The first-order valence-corrected chi connectivity index (χ1v) is 9.10. The van der Waals surface area contributed by atoms with Crippen molar-refractivity contribution >= 4 is 17.6 Å². The highest BCUT2D eigenvalue weighted by Gasteiger charge is 2.20. The fraction of sp³-hybridized carbons (Fsp3) is 0.333. The first kappa shape index (κ1) is 21.4. The summed E-state index contributed by atoms with van der Waals surface area (Å²) in [6, 6.07) is 15.8. The highest BCUT2D eigenvalue weighted by Crippen LogP contribution is 2.17. The molecular weight excluding hydrogens is 360 g/mol. The molecule has 0 heterocycles. The molecule has 0 aliphatic heterocycles. The SMILES string of the molecule is COCCCNC(CC(=O)Nc1ccc(OCc2ccccc2)cc1)C(=O)O. The number of carboxylic acid groups (broad SMARTS) is 1. The van der Waals surface area contributed by atoms with Crippen LogP contribution in [-0.2, 0) is 20.9 Å². The number of nitrogens with one attached hydrogen (secondary N) is 2. The number of carbonyl (C=O) groups is 2. The molecule has 3 N–H and O–H groups in total. The summed E-state index contributed by atoms with van der Waals surface area (Å²) in [6.07, 6.45) is 0.515. The fourth-order valence-electron chi connectivity index (χ4n) is 2.51. The molecule has 0 bridgehead atoms. The van der Waals surface area contributed by atoms with Crippen molar-refractivity contribution in [2.75, 3.05) is 25.6 Å². The van der Waals surface area contributed by atoms with E-state index in [9.17, 15) is 14.7 Å². The summed E-state index contributed by atoms with van der Waals surface area (Å²) < 4.78 is 10.6. The molecular formula is C21H26N2O5. The van der Waals surface area contributed by atoms with Gasteiger partial charge in [-0.05, 0) is 42.8 Å². The van der Waals surface area contributed by atoms with Crippen LogP contribution in [0.1, 0.15) is 18.4 Å². The normalized spacial score (nSPS) is 11.6. The van der Waals surface area contributed by atoms with Gasteiger partial charge in [0.25, 0.3) is 0 Å². The van der Waals surface area contributed by atoms with Crippen molar-refractivity contribution < 1.29 is 24.2 Å². The van der Waals surface area contributed by atoms with Crippen LogP contribution in [0.5, 0.6) is 5.75 Å². The minimum Gasteiger partial charge on any atom is -0.489 e. The molecule has 1 amide bonds. The standard InChI is InChI=1S/C21H26N2O5/c1-27-13-5-12-22-19(21(25)26)14-20(24)23-17-8-10-18(11-9-17)28-15-16-6-3-2-4-7-16/h2-4,6-11,19,22H,5,12-15H2,1H3,(H,23,24)(H,25,26). The van der Waals surface area contributed by atoms with Crippen molar-refractivity contribution in [2.24, 2.45) is 0 Å². The fourth-order valence-corrected chi connectivity index (χ4v) is 2.51. The van der Waals surface area contributed by atoms with Crippen LogP contribution in [0.15, 0.2) is 54.6 Å². The molecule has 0 aliphatic carbocycles. The summed E-state index contributed by atoms with van der Waals surface area (Å²) in [5.41, 5.74) is 1.65. The Hall–Kier alpha value is -2.90. The number of methoxy groups -OCH3 is 1. The molecule has 2 aromatic rings. The molecule has 7 nitrogen and oxygen atoms in total. The highest BCUT2D eigenvalue weighted by molar-refractivity contribution is 5.94. The number of carbonyl (C=O) groups excluding carboxylic acids is 1. The van der Waals surface area contributed by atoms with E-state index < -0.39 is 12.0 Å². The lowest BCUT2D eigenvalue weighted by atomic mass is 10.2. The number of hydrogen-bond donors (Lipinski definition) is 3. The third-order valence-corrected chi connectivity index (χ3v) is 3.99. The number of benzene rings is 2. The molecule has 0 spiro atoms. The Morgan fingerprint density at radius 2 is 1.79 bits per heavy atom. The Balaban J connectivity index is 1.79. The van der Waals surface area contributed by atoms with Gasteiger partial charge in [0.1, 0.15) is 18.4 Å². The van der Waals surface area contributed by atoms with Gasteiger partial charge in [0.05, 0.1) is 6.42 Å². The van der Waals surface area contributed by atoms with Crippen LogP contribution in [0.4, 0.5) is 5.69 Å². The van der Waals surface area contributed by atoms with E-state index in [1.807, 2.05) is 30.3 Å². The number of aliphatic carboxylic acids is 1. The Morgan fingerprint density at radius 3 is 2.43 bits per heavy atom. The third-order valence-electron chi connectivity index (χ3n) is 3.99. The first-order chi connectivity index (χ1) is 13.6. The molecule has 7 heteroatoms. The topological polar surface area (TPSA) is 96.9 Å². The minimum absolute atomic E-state index is 0.158. The molecule has 0 fully saturated rings. The number of amides is 1. The summed E-state index contributed by atoms with van der Waals surface area (Å²) in [6.45, 7) is 1.46. The molecule has 0 aliphatic rings. The van der Waals surface area contributed by atoms with Gasteiger partial charge in [-0.3, -0.25) is 9.59 Å². The van der Waals surface area contributed by atoms with E-state index in [0.717, 1.165) is 5.56 Å². The number of anilines is 1. The predicted octanol–water partition coefficient (Wildman–Crippen LogP) is 2.67. The van der Waals surface area contributed by atoms with Crippen LogP contribution < -0.4 is 15.4 Å². The van der Waals surface area contributed by atoms with Crippen LogP contribution in [0, 0.1) is 0 Å². The van der Waals surface area contributed by atoms with Gasteiger partial charge < -0.3 is 25.2 Å². The zero-order chi connectivity index (χ0) is 20.2. The summed E-state index contributed by atoms with van der Waals surface area (Å²) in [5, 5.41) is 14.8. The molecule has 0 saturated carbocycles. The quantitative estimate of drug-likeness (QED) is 0.485. The van der Waals surface area contributed by atoms with E-state index in [4.69, 9.17) is 9.47 Å². The average Bonchev–Trinajstić information content (AvgIpc) is 2.70. The Bertz CT molecular complexity index is 734. The van der Waals surface area contributed by atoms with Crippen molar-refractivity contribution in [3.63, 3.8) is 0 Å². The van der Waals surface area contributed by atoms with Crippen LogP contribution in [0.25, 0.3) is 0 Å². The van der Waals surface area contributed by atoms with Gasteiger partial charge >= 0.3 is 5.97 Å². The van der Waals surface area contributed by atoms with E-state index in [2.05, 4.69) is 10.6 Å². The molecule has 0 saturated heterocycles. The maximum Gasteiger partial charge on any atom is 0.321 e. The Morgan fingerprint density at radius 1 is 1.07 bits per heavy atom. The van der Waals surface area contributed by atoms with E-state index in [0.29, 0.717) is 37.6 Å². The highest BCUT2D eigenvalue weighted by atomic mass is 16.5. The Kier molecular flexibility index (Phi) is 8.97. The van der Waals surface area contributed by atoms with Crippen molar-refractivity contribution in [3.8, 4) is 5.75 Å². The van der Waals surface area contributed by atoms with E-state index in [-0.39, 0.29) is 12.3 Å². The second-order valence-corrected chi connectivity index (χ2v) is 6.24. The predicted molar refractivity (Wildman–Crippen MR) is 106 cm³/mol. The smallest absolute Gasteiger partial charge is 0.321 e. The van der Waals surface area contributed by atoms with Crippen LogP contribution >= 0.6 is 0 Å². The maximum absolute atomic E-state index is 12.1. The van der Waals surface area contributed by atoms with Crippen molar-refractivity contribution in [1.29, 1.82) is 0 Å². The molecule has 0 radical (unpaired) electrons. The van der Waals surface area contributed by atoms with Crippen molar-refractivity contribution in [2.45, 2.75) is 25.5 Å². The van der Waals surface area contributed by atoms with Crippen molar-refractivity contribution in [1.82, 2.24) is 5.32 Å². The molecule has 2 aromatic carbocycles. The summed E-state index contributed by atoms with van der Waals surface area (Å²) in [5.74, 6) is -0.744. The van der Waals surface area contributed by atoms with Gasteiger partial charge in [0, 0.05) is 19.4 Å². The van der Waals surface area contributed by atoms with E-state index in [1.165, 1.54) is 0 Å². The van der Waals surface area contributed by atoms with Gasteiger partial charge in [0.2, 0.25) is 5.91 Å². The van der Waals surface area contributed by atoms with E-state index >= 15 is 0 Å². The van der Waals surface area contributed by atoms with Crippen LogP contribution in [0.2, 0.25) is 0 Å². The molecule has 2 rings (SSSR count). The number of rotatable bonds is 12. The lowest BCUT2D eigenvalue weighted by Crippen LogP contribution is -2.40. The number of carboxylic acids is 1. The maximum atomic E-state index is 12.1. The zero-order valence-electron chi connectivity index (χ0n) is 15.9. The molecule has 150 valence electrons. The lowest BCUT2D eigenvalue weighted by Gasteiger charge is -2.14. The van der Waals surface area contributed by atoms with Gasteiger partial charge in [-0.2, -0.15) is 0 Å². The largest absolute Gasteiger partial charge is 0.489 e. The molecule has 1 atom stereocenters. The van der Waals surface area contributed by atoms with Gasteiger partial charge in [-0.15, -0.1) is 0 Å². The van der Waals surface area contributed by atoms with Crippen LogP contribution in [-0.4, -0.2) is 43.3 Å². The van der Waals surface area contributed by atoms with E-state index in [1.54, 1.807) is 31.4 Å². The second kappa shape index (κ2) is 11.7. The zero-order valence-corrected chi connectivity index (χ0v) is 15.9. The Labute approximate surface area is 164 Å². The molecule has 28 heavy (non-hydrogen) atoms. The summed E-state index contributed by atoms with van der Waals surface area (Å²) in [7, 11) is 1.58. The molecule has 1 unspecified atom stereocenters. The first-order valence-electron chi connectivity index (χ1n) is 9.10. The average molecular weight is 386 g/mol. The number of hydrogen-bond acceptors (Lipinski definition) is 5. The number of ether oxygens (including phenoxy) is 2. The van der Waals surface area contributed by atoms with Crippen molar-refractivity contribution in [3.05, 3.63) is 60.2 Å². The molecule has 0 aromatic heterocycles. The van der Waals surface area contributed by atoms with Crippen LogP contribution in [0.3, 0.4) is 0 Å². The van der Waals surface area contributed by atoms with Gasteiger partial charge in [-0.25, -0.2) is 0 Å². The summed E-state index contributed by atoms with van der Waals surface area (Å²) in [4.78, 5) is 23.4. The minimum atomic E-state index is -1.06. The second-order valence-electron chi connectivity index (χ2n) is 6.24. The lowest BCUT2D eigenvalue weighted by molar-refractivity contribution is -0.141.